The van der Waals surface area contributed by atoms with Crippen molar-refractivity contribution >= 4 is 15.7 Å². The number of rotatable bonds is 4. The van der Waals surface area contributed by atoms with Gasteiger partial charge in [-0.2, -0.15) is 0 Å². The van der Waals surface area contributed by atoms with E-state index in [-0.39, 0.29) is 0 Å². The Balaban J connectivity index is 2.12. The fraction of sp³-hybridized carbons (Fsp3) is 0.500. The second-order valence-corrected chi connectivity index (χ2v) is 7.22. The smallest absolute Gasteiger partial charge is 0.241 e. The summed E-state index contributed by atoms with van der Waals surface area (Å²) in [6.45, 7) is 1.66. The molecule has 5 nitrogen and oxygen atoms in total. The summed E-state index contributed by atoms with van der Waals surface area (Å²) < 4.78 is 34.9. The van der Waals surface area contributed by atoms with Crippen molar-refractivity contribution in [1.29, 1.82) is 0 Å². The van der Waals surface area contributed by atoms with E-state index in [2.05, 4.69) is 10.3 Å². The zero-order valence-corrected chi connectivity index (χ0v) is 11.5. The molecule has 1 aromatic rings. The van der Waals surface area contributed by atoms with Crippen LogP contribution < -0.4 is 5.32 Å². The number of nitrogens with one attached hydrogen (secondary N) is 1. The molecule has 7 heteroatoms. The number of amides is 1. The molecule has 1 N–H and O–H groups in total. The summed E-state index contributed by atoms with van der Waals surface area (Å²) in [6.07, 6.45) is 4.25. The molecule has 1 saturated carbocycles. The molecule has 1 amide bonds. The molecule has 1 atom stereocenters. The Morgan fingerprint density at radius 1 is 1.47 bits per heavy atom. The Morgan fingerprint density at radius 3 is 2.58 bits per heavy atom. The number of carbonyl (C=O) groups excluding carboxylic acids is 1. The van der Waals surface area contributed by atoms with Crippen molar-refractivity contribution in [3.05, 3.63) is 29.8 Å². The van der Waals surface area contributed by atoms with Gasteiger partial charge in [-0.05, 0) is 31.4 Å². The van der Waals surface area contributed by atoms with Crippen LogP contribution in [0.15, 0.2) is 18.5 Å². The minimum absolute atomic E-state index is 0.339. The Hall–Kier alpha value is -1.50. The van der Waals surface area contributed by atoms with Crippen molar-refractivity contribution in [1.82, 2.24) is 10.3 Å². The van der Waals surface area contributed by atoms with Crippen LogP contribution in [0.2, 0.25) is 0 Å². The van der Waals surface area contributed by atoms with Gasteiger partial charge in [0.1, 0.15) is 5.82 Å². The van der Waals surface area contributed by atoms with E-state index in [9.17, 15) is 17.6 Å². The molecule has 1 aliphatic carbocycles. The highest BCUT2D eigenvalue weighted by Crippen LogP contribution is 2.43. The molecule has 1 aliphatic rings. The summed E-state index contributed by atoms with van der Waals surface area (Å²) in [4.78, 5) is 15.7. The number of nitrogens with zero attached hydrogens (tertiary/aromatic N) is 1. The highest BCUT2D eigenvalue weighted by molar-refractivity contribution is 7.93. The van der Waals surface area contributed by atoms with Crippen LogP contribution >= 0.6 is 0 Å². The second-order valence-electron chi connectivity index (χ2n) is 4.90. The van der Waals surface area contributed by atoms with Crippen LogP contribution in [0.3, 0.4) is 0 Å². The van der Waals surface area contributed by atoms with Crippen LogP contribution in [-0.4, -0.2) is 30.3 Å². The number of hydrogen-bond acceptors (Lipinski definition) is 4. The lowest BCUT2D eigenvalue weighted by atomic mass is 10.1. The Bertz CT molecular complexity index is 611. The van der Waals surface area contributed by atoms with Crippen molar-refractivity contribution in [2.45, 2.75) is 30.6 Å². The lowest BCUT2D eigenvalue weighted by Crippen LogP contribution is -2.42. The Labute approximate surface area is 111 Å². The summed E-state index contributed by atoms with van der Waals surface area (Å²) >= 11 is 0. The first-order chi connectivity index (χ1) is 8.76. The van der Waals surface area contributed by atoms with Gasteiger partial charge < -0.3 is 5.32 Å². The van der Waals surface area contributed by atoms with Gasteiger partial charge in [0.2, 0.25) is 5.91 Å². The SMILES string of the molecule is C[C@H](NC(=O)C1(S(C)(=O)=O)CC1)c1cncc(F)c1. The molecule has 0 saturated heterocycles. The molecular weight excluding hydrogens is 271 g/mol. The molecule has 0 aliphatic heterocycles. The van der Waals surface area contributed by atoms with Crippen LogP contribution in [0, 0.1) is 5.82 Å². The van der Waals surface area contributed by atoms with E-state index in [1.54, 1.807) is 6.92 Å². The summed E-state index contributed by atoms with van der Waals surface area (Å²) in [5.74, 6) is -1.02. The molecule has 0 aromatic carbocycles. The second kappa shape index (κ2) is 4.56. The van der Waals surface area contributed by atoms with Gasteiger partial charge in [0, 0.05) is 12.5 Å². The summed E-state index contributed by atoms with van der Waals surface area (Å²) in [6, 6.07) is 0.771. The normalized spacial score (nSPS) is 18.7. The fourth-order valence-corrected chi connectivity index (χ4v) is 3.20. The zero-order valence-electron chi connectivity index (χ0n) is 10.7. The lowest BCUT2D eigenvalue weighted by molar-refractivity contribution is -0.122. The molecule has 0 radical (unpaired) electrons. The standard InChI is InChI=1S/C12H15FN2O3S/c1-8(9-5-10(13)7-14-6-9)15-11(16)12(3-4-12)19(2,17)18/h5-8H,3-4H2,1-2H3,(H,15,16)/t8-/m0/s1. The highest BCUT2D eigenvalue weighted by atomic mass is 32.2. The maximum Gasteiger partial charge on any atom is 0.241 e. The van der Waals surface area contributed by atoms with Crippen molar-refractivity contribution in [2.24, 2.45) is 0 Å². The van der Waals surface area contributed by atoms with Gasteiger partial charge in [0.15, 0.2) is 14.6 Å². The number of hydrogen-bond donors (Lipinski definition) is 1. The number of pyridine rings is 1. The van der Waals surface area contributed by atoms with E-state index in [4.69, 9.17) is 0 Å². The van der Waals surface area contributed by atoms with Gasteiger partial charge >= 0.3 is 0 Å². The highest BCUT2D eigenvalue weighted by Gasteiger charge is 2.58. The summed E-state index contributed by atoms with van der Waals surface area (Å²) in [5, 5.41) is 2.61. The van der Waals surface area contributed by atoms with Crippen LogP contribution in [0.4, 0.5) is 4.39 Å². The van der Waals surface area contributed by atoms with E-state index in [1.165, 1.54) is 12.3 Å². The maximum atomic E-state index is 13.0. The zero-order chi connectivity index (χ0) is 14.3. The molecule has 1 aromatic heterocycles. The third kappa shape index (κ3) is 2.60. The van der Waals surface area contributed by atoms with E-state index in [1.807, 2.05) is 0 Å². The Kier molecular flexibility index (Phi) is 3.34. The molecule has 104 valence electrons. The average molecular weight is 286 g/mol. The van der Waals surface area contributed by atoms with Crippen LogP contribution in [0.25, 0.3) is 0 Å². The lowest BCUT2D eigenvalue weighted by Gasteiger charge is -2.18. The summed E-state index contributed by atoms with van der Waals surface area (Å²) in [5.41, 5.74) is 0.498. The van der Waals surface area contributed by atoms with E-state index in [0.29, 0.717) is 18.4 Å². The van der Waals surface area contributed by atoms with E-state index >= 15 is 0 Å². The Morgan fingerprint density at radius 2 is 2.11 bits per heavy atom. The average Bonchev–Trinajstić information content (AvgIpc) is 3.08. The molecule has 0 unspecified atom stereocenters. The monoisotopic (exact) mass is 286 g/mol. The van der Waals surface area contributed by atoms with E-state index < -0.39 is 32.4 Å². The van der Waals surface area contributed by atoms with Gasteiger partial charge in [0.05, 0.1) is 12.2 Å². The van der Waals surface area contributed by atoms with Crippen LogP contribution in [0.5, 0.6) is 0 Å². The van der Waals surface area contributed by atoms with Crippen molar-refractivity contribution in [3.63, 3.8) is 0 Å². The molecular formula is C12H15FN2O3S. The third-order valence-corrected chi connectivity index (χ3v) is 5.41. The third-order valence-electron chi connectivity index (χ3n) is 3.40. The number of sulfone groups is 1. The molecule has 19 heavy (non-hydrogen) atoms. The molecule has 2 rings (SSSR count). The van der Waals surface area contributed by atoms with Gasteiger partial charge in [-0.3, -0.25) is 9.78 Å². The largest absolute Gasteiger partial charge is 0.348 e. The first-order valence-corrected chi connectivity index (χ1v) is 7.76. The minimum Gasteiger partial charge on any atom is -0.348 e. The predicted octanol–water partition coefficient (Wildman–Crippen LogP) is 0.975. The topological polar surface area (TPSA) is 76.1 Å². The first kappa shape index (κ1) is 13.9. The van der Waals surface area contributed by atoms with E-state index in [0.717, 1.165) is 12.5 Å². The first-order valence-electron chi connectivity index (χ1n) is 5.87. The predicted molar refractivity (Wildman–Crippen MR) is 67.6 cm³/mol. The van der Waals surface area contributed by atoms with Crippen LogP contribution in [0.1, 0.15) is 31.4 Å². The van der Waals surface area contributed by atoms with Gasteiger partial charge in [-0.25, -0.2) is 12.8 Å². The van der Waals surface area contributed by atoms with Crippen molar-refractivity contribution < 1.29 is 17.6 Å². The number of carbonyl (C=O) groups is 1. The van der Waals surface area contributed by atoms with Gasteiger partial charge in [-0.1, -0.05) is 0 Å². The quantitative estimate of drug-likeness (QED) is 0.895. The number of halogens is 1. The minimum atomic E-state index is -3.43. The molecule has 0 spiro atoms. The van der Waals surface area contributed by atoms with Crippen LogP contribution in [-0.2, 0) is 14.6 Å². The molecule has 1 fully saturated rings. The maximum absolute atomic E-state index is 13.0. The fourth-order valence-electron chi connectivity index (χ4n) is 1.96. The van der Waals surface area contributed by atoms with Gasteiger partial charge in [0.25, 0.3) is 0 Å². The molecule has 1 heterocycles. The van der Waals surface area contributed by atoms with Crippen molar-refractivity contribution in [2.75, 3.05) is 6.26 Å². The van der Waals surface area contributed by atoms with Crippen molar-refractivity contribution in [3.8, 4) is 0 Å². The summed E-state index contributed by atoms with van der Waals surface area (Å²) in [7, 11) is -3.43. The number of aromatic nitrogens is 1. The molecule has 0 bridgehead atoms. The van der Waals surface area contributed by atoms with Gasteiger partial charge in [-0.15, -0.1) is 0 Å².